The highest BCUT2D eigenvalue weighted by Gasteiger charge is 2.24. The third-order valence-electron chi connectivity index (χ3n) is 3.65. The first-order valence-electron chi connectivity index (χ1n) is 7.21. The minimum Gasteiger partial charge on any atom is -0.458 e. The van der Waals surface area contributed by atoms with Gasteiger partial charge in [0.15, 0.2) is 0 Å². The largest absolute Gasteiger partial charge is 0.458 e. The van der Waals surface area contributed by atoms with Gasteiger partial charge in [-0.3, -0.25) is 4.90 Å². The molecule has 22 heavy (non-hydrogen) atoms. The van der Waals surface area contributed by atoms with Crippen LogP contribution in [0.15, 0.2) is 53.6 Å². The maximum atomic E-state index is 11.6. The standard InChI is InChI=1S/C17H17NO4/c19-16-14(6-8-21-16)11-18(10-13-4-2-1-3-5-13)12-15-7-9-22-17(15)20/h1-7H,8-12H2. The number of hydrogen-bond acceptors (Lipinski definition) is 5. The molecule has 0 radical (unpaired) electrons. The van der Waals surface area contributed by atoms with Gasteiger partial charge in [-0.1, -0.05) is 30.3 Å². The SMILES string of the molecule is O=C1OCC=C1CN(CC1=CCOC1=O)Cc1ccccc1. The predicted octanol–water partition coefficient (Wildman–Crippen LogP) is 1.45. The summed E-state index contributed by atoms with van der Waals surface area (Å²) in [6.07, 6.45) is 3.59. The summed E-state index contributed by atoms with van der Waals surface area (Å²) in [7, 11) is 0. The third kappa shape index (κ3) is 3.43. The number of carbonyl (C=O) groups is 2. The first-order chi connectivity index (χ1) is 10.7. The molecule has 2 aliphatic heterocycles. The number of carbonyl (C=O) groups excluding carboxylic acids is 2. The van der Waals surface area contributed by atoms with Gasteiger partial charge in [0, 0.05) is 19.6 Å². The quantitative estimate of drug-likeness (QED) is 0.744. The smallest absolute Gasteiger partial charge is 0.335 e. The molecule has 0 amide bonds. The van der Waals surface area contributed by atoms with E-state index in [9.17, 15) is 9.59 Å². The van der Waals surface area contributed by atoms with E-state index in [1.54, 1.807) is 12.2 Å². The molecule has 0 spiro atoms. The lowest BCUT2D eigenvalue weighted by Crippen LogP contribution is -2.30. The molecule has 1 aromatic carbocycles. The van der Waals surface area contributed by atoms with E-state index in [4.69, 9.17) is 9.47 Å². The maximum absolute atomic E-state index is 11.6. The van der Waals surface area contributed by atoms with Gasteiger partial charge in [0.25, 0.3) is 0 Å². The van der Waals surface area contributed by atoms with Crippen LogP contribution in [-0.4, -0.2) is 43.1 Å². The Hall–Kier alpha value is -2.40. The summed E-state index contributed by atoms with van der Waals surface area (Å²) >= 11 is 0. The van der Waals surface area contributed by atoms with Crippen LogP contribution in [0.25, 0.3) is 0 Å². The van der Waals surface area contributed by atoms with E-state index >= 15 is 0 Å². The Kier molecular flexibility index (Phi) is 4.34. The second-order valence-electron chi connectivity index (χ2n) is 5.29. The Bertz CT molecular complexity index is 597. The highest BCUT2D eigenvalue weighted by atomic mass is 16.5. The van der Waals surface area contributed by atoms with Crippen molar-refractivity contribution in [3.8, 4) is 0 Å². The van der Waals surface area contributed by atoms with E-state index in [2.05, 4.69) is 0 Å². The third-order valence-corrected chi connectivity index (χ3v) is 3.65. The van der Waals surface area contributed by atoms with Crippen LogP contribution in [0.3, 0.4) is 0 Å². The number of benzene rings is 1. The van der Waals surface area contributed by atoms with Gasteiger partial charge < -0.3 is 9.47 Å². The fourth-order valence-corrected chi connectivity index (χ4v) is 2.54. The summed E-state index contributed by atoms with van der Waals surface area (Å²) in [6.45, 7) is 2.23. The fourth-order valence-electron chi connectivity index (χ4n) is 2.54. The van der Waals surface area contributed by atoms with Crippen LogP contribution in [-0.2, 0) is 25.6 Å². The molecule has 0 aromatic heterocycles. The second-order valence-corrected chi connectivity index (χ2v) is 5.29. The van der Waals surface area contributed by atoms with Crippen molar-refractivity contribution in [1.82, 2.24) is 4.90 Å². The Balaban J connectivity index is 1.72. The van der Waals surface area contributed by atoms with Crippen molar-refractivity contribution in [3.63, 3.8) is 0 Å². The van der Waals surface area contributed by atoms with Gasteiger partial charge in [0.05, 0.1) is 11.1 Å². The second kappa shape index (κ2) is 6.58. The number of esters is 2. The van der Waals surface area contributed by atoms with Crippen LogP contribution in [0.2, 0.25) is 0 Å². The Morgan fingerprint density at radius 3 is 1.82 bits per heavy atom. The van der Waals surface area contributed by atoms with E-state index in [0.29, 0.717) is 44.0 Å². The molecule has 0 N–H and O–H groups in total. The Morgan fingerprint density at radius 1 is 0.818 bits per heavy atom. The number of rotatable bonds is 6. The van der Waals surface area contributed by atoms with Gasteiger partial charge in [0.1, 0.15) is 13.2 Å². The van der Waals surface area contributed by atoms with Gasteiger partial charge in [-0.2, -0.15) is 0 Å². The lowest BCUT2D eigenvalue weighted by Gasteiger charge is -2.22. The van der Waals surface area contributed by atoms with Gasteiger partial charge in [-0.15, -0.1) is 0 Å². The first-order valence-corrected chi connectivity index (χ1v) is 7.21. The molecule has 0 aliphatic carbocycles. The van der Waals surface area contributed by atoms with Crippen molar-refractivity contribution >= 4 is 11.9 Å². The zero-order valence-electron chi connectivity index (χ0n) is 12.2. The summed E-state index contributed by atoms with van der Waals surface area (Å²) in [5.41, 5.74) is 2.41. The van der Waals surface area contributed by atoms with Crippen molar-refractivity contribution in [1.29, 1.82) is 0 Å². The molecule has 114 valence electrons. The van der Waals surface area contributed by atoms with Gasteiger partial charge in [0.2, 0.25) is 0 Å². The van der Waals surface area contributed by atoms with Gasteiger partial charge >= 0.3 is 11.9 Å². The van der Waals surface area contributed by atoms with E-state index in [1.165, 1.54) is 0 Å². The van der Waals surface area contributed by atoms with Crippen LogP contribution in [0.4, 0.5) is 0 Å². The van der Waals surface area contributed by atoms with E-state index in [0.717, 1.165) is 5.56 Å². The molecule has 5 nitrogen and oxygen atoms in total. The highest BCUT2D eigenvalue weighted by Crippen LogP contribution is 2.16. The Labute approximate surface area is 128 Å². The van der Waals surface area contributed by atoms with E-state index in [-0.39, 0.29) is 11.9 Å². The fraction of sp³-hybridized carbons (Fsp3) is 0.294. The van der Waals surface area contributed by atoms with Crippen molar-refractivity contribution in [2.45, 2.75) is 6.54 Å². The minimum atomic E-state index is -0.277. The molecule has 0 saturated carbocycles. The summed E-state index contributed by atoms with van der Waals surface area (Å²) in [6, 6.07) is 9.95. The van der Waals surface area contributed by atoms with Crippen LogP contribution < -0.4 is 0 Å². The number of nitrogens with zero attached hydrogens (tertiary/aromatic N) is 1. The van der Waals surface area contributed by atoms with Crippen molar-refractivity contribution in [2.75, 3.05) is 26.3 Å². The molecule has 0 atom stereocenters. The monoisotopic (exact) mass is 299 g/mol. The summed E-state index contributed by atoms with van der Waals surface area (Å²) in [4.78, 5) is 25.3. The van der Waals surface area contributed by atoms with E-state index in [1.807, 2.05) is 35.2 Å². The van der Waals surface area contributed by atoms with E-state index < -0.39 is 0 Å². The van der Waals surface area contributed by atoms with Crippen LogP contribution >= 0.6 is 0 Å². The molecular formula is C17H17NO4. The van der Waals surface area contributed by atoms with Crippen LogP contribution in [0, 0.1) is 0 Å². The highest BCUT2D eigenvalue weighted by molar-refractivity contribution is 5.91. The average molecular weight is 299 g/mol. The van der Waals surface area contributed by atoms with Crippen molar-refractivity contribution in [2.24, 2.45) is 0 Å². The number of cyclic esters (lactones) is 2. The van der Waals surface area contributed by atoms with Crippen molar-refractivity contribution in [3.05, 3.63) is 59.2 Å². The Morgan fingerprint density at radius 2 is 1.36 bits per heavy atom. The minimum absolute atomic E-state index is 0.277. The lowest BCUT2D eigenvalue weighted by molar-refractivity contribution is -0.136. The molecular weight excluding hydrogens is 282 g/mol. The normalized spacial score (nSPS) is 17.3. The molecule has 1 aromatic rings. The summed E-state index contributed by atoms with van der Waals surface area (Å²) in [5.74, 6) is -0.554. The number of ether oxygens (including phenoxy) is 2. The molecule has 0 bridgehead atoms. The molecule has 2 aliphatic rings. The lowest BCUT2D eigenvalue weighted by atomic mass is 10.1. The zero-order valence-corrected chi connectivity index (χ0v) is 12.2. The number of hydrogen-bond donors (Lipinski definition) is 0. The zero-order chi connectivity index (χ0) is 15.4. The maximum Gasteiger partial charge on any atom is 0.335 e. The van der Waals surface area contributed by atoms with Crippen LogP contribution in [0.1, 0.15) is 5.56 Å². The molecule has 0 saturated heterocycles. The first kappa shape index (κ1) is 14.5. The molecule has 5 heteroatoms. The molecule has 0 unspecified atom stereocenters. The summed E-state index contributed by atoms with van der Waals surface area (Å²) < 4.78 is 9.89. The molecule has 2 heterocycles. The average Bonchev–Trinajstić information content (AvgIpc) is 3.10. The predicted molar refractivity (Wildman–Crippen MR) is 79.8 cm³/mol. The molecule has 0 fully saturated rings. The van der Waals surface area contributed by atoms with Crippen LogP contribution in [0.5, 0.6) is 0 Å². The van der Waals surface area contributed by atoms with Crippen molar-refractivity contribution < 1.29 is 19.1 Å². The van der Waals surface area contributed by atoms with Gasteiger partial charge in [-0.05, 0) is 17.7 Å². The molecule has 3 rings (SSSR count). The topological polar surface area (TPSA) is 55.8 Å². The summed E-state index contributed by atoms with van der Waals surface area (Å²) in [5, 5.41) is 0. The van der Waals surface area contributed by atoms with Gasteiger partial charge in [-0.25, -0.2) is 9.59 Å².